The first kappa shape index (κ1) is 13.9. The van der Waals surface area contributed by atoms with Gasteiger partial charge in [0, 0.05) is 19.1 Å². The lowest BCUT2D eigenvalue weighted by atomic mass is 10.1. The molecule has 0 bridgehead atoms. The quantitative estimate of drug-likeness (QED) is 0.869. The summed E-state index contributed by atoms with van der Waals surface area (Å²) in [5, 5.41) is 4.19. The average molecular weight is 299 g/mol. The number of ether oxygens (including phenoxy) is 1. The largest absolute Gasteiger partial charge is 0.381 e. The SMILES string of the molecule is c1ccc(CN2CCC[C@H]2c2nc([C@@H]3CCOC3)no2)cc1. The Bertz CT molecular complexity index is 607. The van der Waals surface area contributed by atoms with Crippen molar-refractivity contribution in [2.75, 3.05) is 19.8 Å². The third-order valence-corrected chi connectivity index (χ3v) is 4.63. The molecule has 2 atom stereocenters. The van der Waals surface area contributed by atoms with Gasteiger partial charge in [-0.3, -0.25) is 4.90 Å². The van der Waals surface area contributed by atoms with Crippen LogP contribution in [0.2, 0.25) is 0 Å². The third-order valence-electron chi connectivity index (χ3n) is 4.63. The lowest BCUT2D eigenvalue weighted by molar-refractivity contribution is 0.192. The van der Waals surface area contributed by atoms with Gasteiger partial charge in [-0.15, -0.1) is 0 Å². The fraction of sp³-hybridized carbons (Fsp3) is 0.529. The van der Waals surface area contributed by atoms with Crippen LogP contribution < -0.4 is 0 Å². The van der Waals surface area contributed by atoms with Gasteiger partial charge in [0.25, 0.3) is 0 Å². The molecule has 1 aromatic heterocycles. The van der Waals surface area contributed by atoms with Crippen LogP contribution in [-0.4, -0.2) is 34.8 Å². The van der Waals surface area contributed by atoms with E-state index in [0.29, 0.717) is 5.92 Å². The molecule has 5 nitrogen and oxygen atoms in total. The second-order valence-corrected chi connectivity index (χ2v) is 6.17. The monoisotopic (exact) mass is 299 g/mol. The van der Waals surface area contributed by atoms with E-state index in [-0.39, 0.29) is 6.04 Å². The second kappa shape index (κ2) is 6.18. The molecule has 0 unspecified atom stereocenters. The van der Waals surface area contributed by atoms with Gasteiger partial charge in [-0.1, -0.05) is 35.5 Å². The zero-order valence-corrected chi connectivity index (χ0v) is 12.6. The van der Waals surface area contributed by atoms with Crippen LogP contribution in [0.4, 0.5) is 0 Å². The average Bonchev–Trinajstić information content (AvgIpc) is 3.29. The van der Waals surface area contributed by atoms with E-state index >= 15 is 0 Å². The lowest BCUT2D eigenvalue weighted by Gasteiger charge is -2.21. The third kappa shape index (κ3) is 2.78. The number of nitrogens with zero attached hydrogens (tertiary/aromatic N) is 3. The minimum absolute atomic E-state index is 0.253. The second-order valence-electron chi connectivity index (χ2n) is 6.17. The summed E-state index contributed by atoms with van der Waals surface area (Å²) in [6.07, 6.45) is 3.27. The molecular weight excluding hydrogens is 278 g/mol. The van der Waals surface area contributed by atoms with Gasteiger partial charge in [0.05, 0.1) is 12.6 Å². The predicted octanol–water partition coefficient (Wildman–Crippen LogP) is 2.91. The Morgan fingerprint density at radius 1 is 1.18 bits per heavy atom. The van der Waals surface area contributed by atoms with Crippen LogP contribution in [0.15, 0.2) is 34.9 Å². The van der Waals surface area contributed by atoms with Crippen LogP contribution in [-0.2, 0) is 11.3 Å². The fourth-order valence-corrected chi connectivity index (χ4v) is 3.40. The van der Waals surface area contributed by atoms with E-state index in [0.717, 1.165) is 50.9 Å². The summed E-state index contributed by atoms with van der Waals surface area (Å²) in [5.41, 5.74) is 1.33. The van der Waals surface area contributed by atoms with E-state index < -0.39 is 0 Å². The molecule has 4 rings (SSSR count). The number of hydrogen-bond donors (Lipinski definition) is 0. The summed E-state index contributed by atoms with van der Waals surface area (Å²) in [5.74, 6) is 1.90. The molecule has 0 radical (unpaired) electrons. The zero-order valence-electron chi connectivity index (χ0n) is 12.6. The minimum atomic E-state index is 0.253. The van der Waals surface area contributed by atoms with Crippen LogP contribution >= 0.6 is 0 Å². The number of hydrogen-bond acceptors (Lipinski definition) is 5. The summed E-state index contributed by atoms with van der Waals surface area (Å²) in [7, 11) is 0. The Kier molecular flexibility index (Phi) is 3.91. The molecule has 3 heterocycles. The van der Waals surface area contributed by atoms with Gasteiger partial charge in [-0.05, 0) is 31.4 Å². The highest BCUT2D eigenvalue weighted by Crippen LogP contribution is 2.33. The maximum atomic E-state index is 5.57. The number of rotatable bonds is 4. The molecule has 2 aromatic rings. The molecule has 0 N–H and O–H groups in total. The zero-order chi connectivity index (χ0) is 14.8. The molecule has 0 saturated carbocycles. The molecule has 2 aliphatic rings. The summed E-state index contributed by atoms with van der Waals surface area (Å²) in [6, 6.07) is 10.8. The fourth-order valence-electron chi connectivity index (χ4n) is 3.40. The Morgan fingerprint density at radius 2 is 2.09 bits per heavy atom. The molecule has 1 aromatic carbocycles. The van der Waals surface area contributed by atoms with Crippen molar-refractivity contribution in [3.63, 3.8) is 0 Å². The first-order chi connectivity index (χ1) is 10.9. The van der Waals surface area contributed by atoms with Crippen molar-refractivity contribution < 1.29 is 9.26 Å². The molecule has 2 saturated heterocycles. The summed E-state index contributed by atoms with van der Waals surface area (Å²) in [6.45, 7) is 3.55. The molecule has 0 amide bonds. The van der Waals surface area contributed by atoms with E-state index in [1.54, 1.807) is 0 Å². The van der Waals surface area contributed by atoms with Gasteiger partial charge >= 0.3 is 0 Å². The van der Waals surface area contributed by atoms with Crippen molar-refractivity contribution >= 4 is 0 Å². The first-order valence-corrected chi connectivity index (χ1v) is 8.09. The maximum Gasteiger partial charge on any atom is 0.244 e. The van der Waals surface area contributed by atoms with Crippen molar-refractivity contribution in [1.29, 1.82) is 0 Å². The highest BCUT2D eigenvalue weighted by atomic mass is 16.5. The Hall–Kier alpha value is -1.72. The van der Waals surface area contributed by atoms with Gasteiger partial charge in [0.15, 0.2) is 5.82 Å². The molecule has 0 aliphatic carbocycles. The number of likely N-dealkylation sites (tertiary alicyclic amines) is 1. The van der Waals surface area contributed by atoms with E-state index in [1.807, 2.05) is 0 Å². The standard InChI is InChI=1S/C17H21N3O2/c1-2-5-13(6-3-1)11-20-9-4-7-15(20)17-18-16(19-22-17)14-8-10-21-12-14/h1-3,5-6,14-15H,4,7-12H2/t14-,15+/m1/s1. The highest BCUT2D eigenvalue weighted by molar-refractivity contribution is 5.15. The molecule has 5 heteroatoms. The minimum Gasteiger partial charge on any atom is -0.381 e. The van der Waals surface area contributed by atoms with Crippen molar-refractivity contribution in [3.8, 4) is 0 Å². The van der Waals surface area contributed by atoms with E-state index in [1.165, 1.54) is 12.0 Å². The van der Waals surface area contributed by atoms with Crippen LogP contribution in [0.1, 0.15) is 48.5 Å². The van der Waals surface area contributed by atoms with Crippen LogP contribution in [0.25, 0.3) is 0 Å². The molecule has 2 fully saturated rings. The topological polar surface area (TPSA) is 51.4 Å². The van der Waals surface area contributed by atoms with Crippen molar-refractivity contribution in [2.45, 2.75) is 37.8 Å². The van der Waals surface area contributed by atoms with Crippen LogP contribution in [0.3, 0.4) is 0 Å². The van der Waals surface area contributed by atoms with Crippen molar-refractivity contribution in [1.82, 2.24) is 15.0 Å². The highest BCUT2D eigenvalue weighted by Gasteiger charge is 2.32. The van der Waals surface area contributed by atoms with Gasteiger partial charge in [-0.25, -0.2) is 0 Å². The summed E-state index contributed by atoms with van der Waals surface area (Å²) < 4.78 is 11.0. The predicted molar refractivity (Wildman–Crippen MR) is 81.3 cm³/mol. The normalized spacial score (nSPS) is 25.8. The Morgan fingerprint density at radius 3 is 2.91 bits per heavy atom. The molecule has 22 heavy (non-hydrogen) atoms. The van der Waals surface area contributed by atoms with Gasteiger partial charge in [-0.2, -0.15) is 4.98 Å². The smallest absolute Gasteiger partial charge is 0.244 e. The van der Waals surface area contributed by atoms with E-state index in [9.17, 15) is 0 Å². The Labute approximate surface area is 130 Å². The first-order valence-electron chi connectivity index (χ1n) is 8.09. The number of aromatic nitrogens is 2. The van der Waals surface area contributed by atoms with E-state index in [2.05, 4.69) is 45.4 Å². The maximum absolute atomic E-state index is 5.57. The van der Waals surface area contributed by atoms with Crippen LogP contribution in [0, 0.1) is 0 Å². The van der Waals surface area contributed by atoms with Gasteiger partial charge in [0.2, 0.25) is 5.89 Å². The van der Waals surface area contributed by atoms with Gasteiger partial charge < -0.3 is 9.26 Å². The van der Waals surface area contributed by atoms with E-state index in [4.69, 9.17) is 9.26 Å². The molecular formula is C17H21N3O2. The van der Waals surface area contributed by atoms with Crippen molar-refractivity contribution in [2.24, 2.45) is 0 Å². The van der Waals surface area contributed by atoms with Gasteiger partial charge in [0.1, 0.15) is 0 Å². The molecule has 0 spiro atoms. The Balaban J connectivity index is 1.48. The molecule has 2 aliphatic heterocycles. The summed E-state index contributed by atoms with van der Waals surface area (Å²) >= 11 is 0. The summed E-state index contributed by atoms with van der Waals surface area (Å²) in [4.78, 5) is 7.11. The van der Waals surface area contributed by atoms with Crippen LogP contribution in [0.5, 0.6) is 0 Å². The molecule has 116 valence electrons. The lowest BCUT2D eigenvalue weighted by Crippen LogP contribution is -2.23. The number of benzene rings is 1. The van der Waals surface area contributed by atoms with Crippen molar-refractivity contribution in [3.05, 3.63) is 47.6 Å².